The van der Waals surface area contributed by atoms with Crippen LogP contribution in [0.3, 0.4) is 0 Å². The Kier molecular flexibility index (Phi) is 5.56. The van der Waals surface area contributed by atoms with Crippen LogP contribution in [0.2, 0.25) is 0 Å². The smallest absolute Gasteiger partial charge is 0.269 e. The van der Waals surface area contributed by atoms with E-state index in [4.69, 9.17) is 0 Å². The largest absolute Gasteiger partial charge is 0.362 e. The summed E-state index contributed by atoms with van der Waals surface area (Å²) in [6.07, 6.45) is 1.63. The fourth-order valence-corrected chi connectivity index (χ4v) is 4.19. The molecule has 2 N–H and O–H groups in total. The van der Waals surface area contributed by atoms with Crippen molar-refractivity contribution < 1.29 is 23.3 Å². The summed E-state index contributed by atoms with van der Waals surface area (Å²) in [7, 11) is 0. The third-order valence-corrected chi connectivity index (χ3v) is 5.64. The molecule has 1 aliphatic heterocycles. The maximum absolute atomic E-state index is 14.1. The lowest BCUT2D eigenvalue weighted by molar-refractivity contribution is -0.384. The van der Waals surface area contributed by atoms with Crippen LogP contribution in [0, 0.1) is 21.7 Å². The molecule has 1 heterocycles. The van der Waals surface area contributed by atoms with Gasteiger partial charge in [0.25, 0.3) is 11.6 Å². The number of carbonyl (C=O) groups excluding carboxylic acids is 2. The molecule has 1 unspecified atom stereocenters. The van der Waals surface area contributed by atoms with Gasteiger partial charge in [0.05, 0.1) is 10.6 Å². The Morgan fingerprint density at radius 1 is 1.16 bits per heavy atom. The number of carbonyl (C=O) groups is 2. The summed E-state index contributed by atoms with van der Waals surface area (Å²) in [5.41, 5.74) is 2.04. The summed E-state index contributed by atoms with van der Waals surface area (Å²) in [5, 5.41) is 16.6. The van der Waals surface area contributed by atoms with Crippen LogP contribution in [0.4, 0.5) is 20.2 Å². The molecular weight excluding hydrogens is 420 g/mol. The van der Waals surface area contributed by atoms with E-state index in [1.165, 1.54) is 24.3 Å². The minimum absolute atomic E-state index is 0.118. The molecule has 0 fully saturated rings. The van der Waals surface area contributed by atoms with Crippen LogP contribution < -0.4 is 10.6 Å². The number of nitrogens with one attached hydrogen (secondary N) is 2. The molecule has 7 nitrogen and oxygen atoms in total. The number of dihydropyridines is 1. The van der Waals surface area contributed by atoms with Crippen molar-refractivity contribution in [3.63, 3.8) is 0 Å². The highest BCUT2D eigenvalue weighted by Crippen LogP contribution is 2.42. The molecule has 0 saturated heterocycles. The lowest BCUT2D eigenvalue weighted by Gasteiger charge is -2.34. The van der Waals surface area contributed by atoms with Gasteiger partial charge >= 0.3 is 0 Å². The fraction of sp³-hybridized carbons (Fsp3) is 0.217. The van der Waals surface area contributed by atoms with Crippen LogP contribution in [0.15, 0.2) is 65.0 Å². The van der Waals surface area contributed by atoms with E-state index in [9.17, 15) is 28.5 Å². The van der Waals surface area contributed by atoms with Crippen molar-refractivity contribution in [2.75, 3.05) is 5.32 Å². The molecular formula is C23H19F2N3O4. The predicted molar refractivity (Wildman–Crippen MR) is 113 cm³/mol. The molecule has 1 atom stereocenters. The van der Waals surface area contributed by atoms with E-state index in [0.717, 1.165) is 12.1 Å². The topological polar surface area (TPSA) is 101 Å². The number of ketones is 1. The summed E-state index contributed by atoms with van der Waals surface area (Å²) >= 11 is 0. The molecule has 164 valence electrons. The van der Waals surface area contributed by atoms with E-state index < -0.39 is 28.4 Å². The monoisotopic (exact) mass is 439 g/mol. The Morgan fingerprint density at radius 3 is 2.53 bits per heavy atom. The van der Waals surface area contributed by atoms with Gasteiger partial charge in [-0.05, 0) is 37.5 Å². The number of halogens is 2. The van der Waals surface area contributed by atoms with Gasteiger partial charge < -0.3 is 10.6 Å². The average Bonchev–Trinajstić information content (AvgIpc) is 2.75. The number of non-ortho nitro benzene ring substituents is 1. The van der Waals surface area contributed by atoms with Gasteiger partial charge in [-0.25, -0.2) is 8.78 Å². The summed E-state index contributed by atoms with van der Waals surface area (Å²) in [4.78, 5) is 36.6. The van der Waals surface area contributed by atoms with E-state index in [2.05, 4.69) is 10.6 Å². The van der Waals surface area contributed by atoms with Crippen LogP contribution in [-0.4, -0.2) is 16.6 Å². The number of nitrogens with zero attached hydrogens (tertiary/aromatic N) is 1. The highest BCUT2D eigenvalue weighted by atomic mass is 19.1. The average molecular weight is 439 g/mol. The van der Waals surface area contributed by atoms with Crippen molar-refractivity contribution in [3.05, 3.63) is 92.3 Å². The number of hydrogen-bond donors (Lipinski definition) is 2. The quantitative estimate of drug-likeness (QED) is 0.540. The van der Waals surface area contributed by atoms with Gasteiger partial charge in [0.15, 0.2) is 5.78 Å². The lowest BCUT2D eigenvalue weighted by Crippen LogP contribution is -2.35. The number of benzene rings is 2. The number of hydrogen-bond acceptors (Lipinski definition) is 5. The van der Waals surface area contributed by atoms with Crippen LogP contribution in [0.5, 0.6) is 0 Å². The normalized spacial score (nSPS) is 18.2. The van der Waals surface area contributed by atoms with Crippen molar-refractivity contribution >= 4 is 23.1 Å². The van der Waals surface area contributed by atoms with Crippen molar-refractivity contribution in [3.8, 4) is 0 Å². The maximum Gasteiger partial charge on any atom is 0.269 e. The second-order valence-electron chi connectivity index (χ2n) is 7.69. The molecule has 32 heavy (non-hydrogen) atoms. The number of allylic oxidation sites excluding steroid dienone is 3. The highest BCUT2D eigenvalue weighted by Gasteiger charge is 2.38. The van der Waals surface area contributed by atoms with Gasteiger partial charge in [-0.2, -0.15) is 0 Å². The Balaban J connectivity index is 1.78. The van der Waals surface area contributed by atoms with Crippen molar-refractivity contribution in [2.45, 2.75) is 32.1 Å². The molecule has 9 heteroatoms. The minimum Gasteiger partial charge on any atom is -0.362 e. The second-order valence-corrected chi connectivity index (χ2v) is 7.69. The highest BCUT2D eigenvalue weighted by molar-refractivity contribution is 6.09. The summed E-state index contributed by atoms with van der Waals surface area (Å²) in [6, 6.07) is 8.46. The van der Waals surface area contributed by atoms with E-state index >= 15 is 0 Å². The number of amides is 1. The van der Waals surface area contributed by atoms with E-state index in [0.29, 0.717) is 47.9 Å². The first kappa shape index (κ1) is 21.4. The van der Waals surface area contributed by atoms with Crippen molar-refractivity contribution in [1.82, 2.24) is 5.32 Å². The molecule has 0 radical (unpaired) electrons. The first-order valence-electron chi connectivity index (χ1n) is 10.0. The molecule has 2 aromatic rings. The van der Waals surface area contributed by atoms with Gasteiger partial charge in [0.2, 0.25) is 0 Å². The number of nitro benzene ring substituents is 1. The first-order valence-corrected chi connectivity index (χ1v) is 10.0. The van der Waals surface area contributed by atoms with Crippen LogP contribution in [0.1, 0.15) is 37.7 Å². The maximum atomic E-state index is 14.1. The number of nitro groups is 1. The Morgan fingerprint density at radius 2 is 1.88 bits per heavy atom. The van der Waals surface area contributed by atoms with Crippen molar-refractivity contribution in [1.29, 1.82) is 0 Å². The molecule has 2 aromatic carbocycles. The standard InChI is InChI=1S/C23H19F2N3O4/c1-12-20(23(30)27-17-10-7-14(24)11-16(17)25)21(13-5-8-15(9-6-13)28(31)32)22-18(26-12)3-2-4-19(22)29/h5-11,21,26H,2-4H2,1H3,(H,27,30). The fourth-order valence-electron chi connectivity index (χ4n) is 4.19. The molecule has 0 bridgehead atoms. The second kappa shape index (κ2) is 8.33. The molecule has 4 rings (SSSR count). The van der Waals surface area contributed by atoms with Gasteiger partial charge in [-0.15, -0.1) is 0 Å². The summed E-state index contributed by atoms with van der Waals surface area (Å²) in [6.45, 7) is 1.68. The third-order valence-electron chi connectivity index (χ3n) is 5.64. The number of Topliss-reactive ketones (excluding diaryl/α,β-unsaturated/α-hetero) is 1. The van der Waals surface area contributed by atoms with E-state index in [1.54, 1.807) is 6.92 Å². The Bertz CT molecular complexity index is 1200. The Labute approximate surface area is 182 Å². The van der Waals surface area contributed by atoms with Crippen molar-refractivity contribution in [2.24, 2.45) is 0 Å². The molecule has 0 spiro atoms. The lowest BCUT2D eigenvalue weighted by atomic mass is 9.75. The van der Waals surface area contributed by atoms with Gasteiger partial charge in [-0.3, -0.25) is 19.7 Å². The molecule has 2 aliphatic rings. The number of anilines is 1. The molecule has 0 saturated carbocycles. The minimum atomic E-state index is -0.930. The SMILES string of the molecule is CC1=C(C(=O)Nc2ccc(F)cc2F)C(c2ccc([N+](=O)[O-])cc2)C2=C(CCCC2=O)N1. The molecule has 1 amide bonds. The van der Waals surface area contributed by atoms with Gasteiger partial charge in [-0.1, -0.05) is 12.1 Å². The summed E-state index contributed by atoms with van der Waals surface area (Å²) in [5.74, 6) is -3.26. The van der Waals surface area contributed by atoms with Crippen LogP contribution in [-0.2, 0) is 9.59 Å². The zero-order chi connectivity index (χ0) is 23.0. The first-order chi connectivity index (χ1) is 15.3. The predicted octanol–water partition coefficient (Wildman–Crippen LogP) is 4.48. The van der Waals surface area contributed by atoms with Crippen LogP contribution >= 0.6 is 0 Å². The zero-order valence-electron chi connectivity index (χ0n) is 17.1. The summed E-state index contributed by atoms with van der Waals surface area (Å²) < 4.78 is 27.4. The van der Waals surface area contributed by atoms with E-state index in [1.807, 2.05) is 0 Å². The number of rotatable bonds is 4. The third kappa shape index (κ3) is 3.89. The zero-order valence-corrected chi connectivity index (χ0v) is 17.1. The van der Waals surface area contributed by atoms with E-state index in [-0.39, 0.29) is 22.7 Å². The van der Waals surface area contributed by atoms with Crippen LogP contribution in [0.25, 0.3) is 0 Å². The molecule has 0 aromatic heterocycles. The molecule has 1 aliphatic carbocycles. The van der Waals surface area contributed by atoms with Gasteiger partial charge in [0, 0.05) is 53.1 Å². The Hall–Kier alpha value is -3.88. The van der Waals surface area contributed by atoms with Gasteiger partial charge in [0.1, 0.15) is 11.6 Å².